The van der Waals surface area contributed by atoms with Crippen molar-refractivity contribution in [3.8, 4) is 0 Å². The van der Waals surface area contributed by atoms with E-state index in [-0.39, 0.29) is 5.91 Å². The van der Waals surface area contributed by atoms with Gasteiger partial charge in [-0.15, -0.1) is 0 Å². The van der Waals surface area contributed by atoms with Gasteiger partial charge in [-0.25, -0.2) is 9.97 Å². The minimum atomic E-state index is 0.149. The predicted octanol–water partition coefficient (Wildman–Crippen LogP) is 0.383. The van der Waals surface area contributed by atoms with Crippen LogP contribution in [0.15, 0.2) is 17.4 Å². The van der Waals surface area contributed by atoms with Gasteiger partial charge in [0.1, 0.15) is 5.03 Å². The molecule has 0 bridgehead atoms. The number of nitrogen functional groups attached to an aromatic ring is 1. The molecule has 1 amide bonds. The fourth-order valence-corrected chi connectivity index (χ4v) is 2.01. The SMILES string of the molecule is Nc1nccnc1SCC(=O)N1CCC1. The van der Waals surface area contributed by atoms with E-state index < -0.39 is 0 Å². The Labute approximate surface area is 92.1 Å². The highest BCUT2D eigenvalue weighted by Crippen LogP contribution is 2.20. The van der Waals surface area contributed by atoms with E-state index in [1.807, 2.05) is 4.90 Å². The number of hydrogen-bond acceptors (Lipinski definition) is 5. The summed E-state index contributed by atoms with van der Waals surface area (Å²) < 4.78 is 0. The van der Waals surface area contributed by atoms with Crippen molar-refractivity contribution in [2.45, 2.75) is 11.4 Å². The number of thioether (sulfide) groups is 1. The van der Waals surface area contributed by atoms with Crippen LogP contribution in [0.3, 0.4) is 0 Å². The van der Waals surface area contributed by atoms with Gasteiger partial charge in [-0.05, 0) is 6.42 Å². The van der Waals surface area contributed by atoms with Gasteiger partial charge in [-0.3, -0.25) is 4.79 Å². The molecule has 0 radical (unpaired) electrons. The summed E-state index contributed by atoms with van der Waals surface area (Å²) in [5.74, 6) is 0.929. The van der Waals surface area contributed by atoms with Crippen molar-refractivity contribution in [3.63, 3.8) is 0 Å². The molecule has 0 unspecified atom stereocenters. The van der Waals surface area contributed by atoms with Crippen LogP contribution in [0.2, 0.25) is 0 Å². The van der Waals surface area contributed by atoms with E-state index in [0.717, 1.165) is 19.5 Å². The third-order valence-corrected chi connectivity index (χ3v) is 3.21. The summed E-state index contributed by atoms with van der Waals surface area (Å²) in [7, 11) is 0. The lowest BCUT2D eigenvalue weighted by molar-refractivity contribution is -0.131. The second-order valence-electron chi connectivity index (χ2n) is 3.27. The first-order chi connectivity index (χ1) is 7.27. The molecule has 15 heavy (non-hydrogen) atoms. The number of nitrogens with zero attached hydrogens (tertiary/aromatic N) is 3. The Hall–Kier alpha value is -1.30. The lowest BCUT2D eigenvalue weighted by Gasteiger charge is -2.30. The molecule has 1 aliphatic heterocycles. The van der Waals surface area contributed by atoms with E-state index in [0.29, 0.717) is 16.6 Å². The Morgan fingerprint density at radius 3 is 2.80 bits per heavy atom. The number of anilines is 1. The number of hydrogen-bond donors (Lipinski definition) is 1. The van der Waals surface area contributed by atoms with E-state index in [1.54, 1.807) is 6.20 Å². The van der Waals surface area contributed by atoms with Crippen LogP contribution in [0.1, 0.15) is 6.42 Å². The van der Waals surface area contributed by atoms with Crippen LogP contribution in [0.5, 0.6) is 0 Å². The lowest BCUT2D eigenvalue weighted by Crippen LogP contribution is -2.43. The van der Waals surface area contributed by atoms with Gasteiger partial charge in [0, 0.05) is 25.5 Å². The molecule has 2 rings (SSSR count). The molecule has 0 spiro atoms. The van der Waals surface area contributed by atoms with Crippen LogP contribution in [0.25, 0.3) is 0 Å². The van der Waals surface area contributed by atoms with Crippen molar-refractivity contribution in [1.29, 1.82) is 0 Å². The van der Waals surface area contributed by atoms with Gasteiger partial charge < -0.3 is 10.6 Å². The minimum Gasteiger partial charge on any atom is -0.381 e. The second-order valence-corrected chi connectivity index (χ2v) is 4.23. The van der Waals surface area contributed by atoms with Gasteiger partial charge >= 0.3 is 0 Å². The molecule has 0 saturated carbocycles. The summed E-state index contributed by atoms with van der Waals surface area (Å²) in [6.07, 6.45) is 4.23. The molecule has 6 heteroatoms. The van der Waals surface area contributed by atoms with E-state index in [9.17, 15) is 4.79 Å². The fraction of sp³-hybridized carbons (Fsp3) is 0.444. The zero-order valence-corrected chi connectivity index (χ0v) is 9.04. The number of aromatic nitrogens is 2. The normalized spacial score (nSPS) is 14.8. The van der Waals surface area contributed by atoms with Crippen LogP contribution in [-0.4, -0.2) is 39.6 Å². The molecule has 1 aromatic rings. The molecular formula is C9H12N4OS. The van der Waals surface area contributed by atoms with Crippen LogP contribution >= 0.6 is 11.8 Å². The standard InChI is InChI=1S/C9H12N4OS/c10-8-9(12-3-2-11-8)15-6-7(14)13-4-1-5-13/h2-3H,1,4-6H2,(H2,10,11). The van der Waals surface area contributed by atoms with E-state index in [1.165, 1.54) is 18.0 Å². The number of amides is 1. The summed E-state index contributed by atoms with van der Waals surface area (Å²) in [5.41, 5.74) is 5.61. The van der Waals surface area contributed by atoms with Crippen molar-refractivity contribution >= 4 is 23.5 Å². The zero-order valence-electron chi connectivity index (χ0n) is 8.22. The lowest BCUT2D eigenvalue weighted by atomic mass is 10.2. The molecule has 0 atom stereocenters. The van der Waals surface area contributed by atoms with Crippen LogP contribution in [0, 0.1) is 0 Å². The average Bonchev–Trinajstić information content (AvgIpc) is 2.14. The van der Waals surface area contributed by atoms with Crippen LogP contribution in [0.4, 0.5) is 5.82 Å². The third-order valence-electron chi connectivity index (χ3n) is 2.23. The van der Waals surface area contributed by atoms with Crippen LogP contribution < -0.4 is 5.73 Å². The summed E-state index contributed by atoms with van der Waals surface area (Å²) in [6.45, 7) is 1.77. The quantitative estimate of drug-likeness (QED) is 0.752. The van der Waals surface area contributed by atoms with Crippen molar-refractivity contribution < 1.29 is 4.79 Å². The summed E-state index contributed by atoms with van der Waals surface area (Å²) in [6, 6.07) is 0. The predicted molar refractivity (Wildman–Crippen MR) is 58.4 cm³/mol. The second kappa shape index (κ2) is 4.48. The first-order valence-electron chi connectivity index (χ1n) is 4.74. The summed E-state index contributed by atoms with van der Waals surface area (Å²) in [5, 5.41) is 0.631. The largest absolute Gasteiger partial charge is 0.381 e. The molecule has 1 aromatic heterocycles. The molecule has 2 N–H and O–H groups in total. The third kappa shape index (κ3) is 2.38. The molecule has 0 aliphatic carbocycles. The van der Waals surface area contributed by atoms with Gasteiger partial charge in [-0.2, -0.15) is 0 Å². The Kier molecular flexibility index (Phi) is 3.05. The Balaban J connectivity index is 1.87. The smallest absolute Gasteiger partial charge is 0.232 e. The number of carbonyl (C=O) groups is 1. The van der Waals surface area contributed by atoms with Gasteiger partial charge in [-0.1, -0.05) is 11.8 Å². The molecule has 80 valence electrons. The van der Waals surface area contributed by atoms with E-state index in [4.69, 9.17) is 5.73 Å². The molecule has 5 nitrogen and oxygen atoms in total. The van der Waals surface area contributed by atoms with Crippen LogP contribution in [-0.2, 0) is 4.79 Å². The molecule has 1 saturated heterocycles. The fourth-order valence-electron chi connectivity index (χ4n) is 1.23. The van der Waals surface area contributed by atoms with Gasteiger partial charge in [0.2, 0.25) is 5.91 Å². The molecule has 1 fully saturated rings. The number of nitrogens with two attached hydrogens (primary N) is 1. The topological polar surface area (TPSA) is 72.1 Å². The molecule has 2 heterocycles. The van der Waals surface area contributed by atoms with E-state index in [2.05, 4.69) is 9.97 Å². The van der Waals surface area contributed by atoms with Crippen molar-refractivity contribution in [1.82, 2.24) is 14.9 Å². The first kappa shape index (κ1) is 10.2. The van der Waals surface area contributed by atoms with Gasteiger partial charge in [0.25, 0.3) is 0 Å². The maximum Gasteiger partial charge on any atom is 0.232 e. The highest BCUT2D eigenvalue weighted by atomic mass is 32.2. The van der Waals surface area contributed by atoms with Gasteiger partial charge in [0.05, 0.1) is 5.75 Å². The Bertz CT molecular complexity index is 367. The number of rotatable bonds is 3. The van der Waals surface area contributed by atoms with Gasteiger partial charge in [0.15, 0.2) is 5.82 Å². The molecular weight excluding hydrogens is 212 g/mol. The Morgan fingerprint density at radius 2 is 2.20 bits per heavy atom. The zero-order chi connectivity index (χ0) is 10.7. The average molecular weight is 224 g/mol. The summed E-state index contributed by atoms with van der Waals surface area (Å²) in [4.78, 5) is 21.3. The number of carbonyl (C=O) groups excluding carboxylic acids is 1. The highest BCUT2D eigenvalue weighted by molar-refractivity contribution is 8.00. The monoisotopic (exact) mass is 224 g/mol. The minimum absolute atomic E-state index is 0.149. The highest BCUT2D eigenvalue weighted by Gasteiger charge is 2.20. The van der Waals surface area contributed by atoms with Crippen molar-refractivity contribution in [2.24, 2.45) is 0 Å². The first-order valence-corrected chi connectivity index (χ1v) is 5.73. The molecule has 1 aliphatic rings. The summed E-state index contributed by atoms with van der Waals surface area (Å²) >= 11 is 1.34. The maximum absolute atomic E-state index is 11.5. The maximum atomic E-state index is 11.5. The van der Waals surface area contributed by atoms with Crippen molar-refractivity contribution in [3.05, 3.63) is 12.4 Å². The number of likely N-dealkylation sites (tertiary alicyclic amines) is 1. The molecule has 0 aromatic carbocycles. The van der Waals surface area contributed by atoms with E-state index >= 15 is 0 Å². The Morgan fingerprint density at radius 1 is 1.47 bits per heavy atom. The van der Waals surface area contributed by atoms with Crippen molar-refractivity contribution in [2.75, 3.05) is 24.6 Å².